The van der Waals surface area contributed by atoms with Crippen LogP contribution in [-0.2, 0) is 4.74 Å². The van der Waals surface area contributed by atoms with Crippen molar-refractivity contribution in [1.82, 2.24) is 10.9 Å². The van der Waals surface area contributed by atoms with E-state index in [-0.39, 0.29) is 0 Å². The molecule has 0 aliphatic rings. The number of nitrogens with one attached hydrogen (secondary N) is 2. The molecule has 0 aliphatic carbocycles. The van der Waals surface area contributed by atoms with Crippen LogP contribution in [0.3, 0.4) is 0 Å². The van der Waals surface area contributed by atoms with E-state index in [4.69, 9.17) is 10.5 Å². The van der Waals surface area contributed by atoms with Gasteiger partial charge in [0.2, 0.25) is 0 Å². The van der Waals surface area contributed by atoms with Gasteiger partial charge in [0.05, 0.1) is 12.8 Å². The van der Waals surface area contributed by atoms with Crippen LogP contribution in [0.15, 0.2) is 46.4 Å². The molecule has 0 aromatic heterocycles. The van der Waals surface area contributed by atoms with Gasteiger partial charge in [0.25, 0.3) is 0 Å². The normalized spacial score (nSPS) is 14.8. The Labute approximate surface area is 136 Å². The fourth-order valence-electron chi connectivity index (χ4n) is 2.27. The third kappa shape index (κ3) is 6.96. The van der Waals surface area contributed by atoms with Crippen molar-refractivity contribution in [1.29, 1.82) is 0 Å². The van der Waals surface area contributed by atoms with Crippen molar-refractivity contribution >= 4 is 0 Å². The van der Waals surface area contributed by atoms with Crippen molar-refractivity contribution in [2.45, 2.75) is 47.0 Å². The molecule has 0 radical (unpaired) electrons. The van der Waals surface area contributed by atoms with Gasteiger partial charge in [0.15, 0.2) is 0 Å². The zero-order valence-corrected chi connectivity index (χ0v) is 15.0. The average Bonchev–Trinajstić information content (AvgIpc) is 2.51. The van der Waals surface area contributed by atoms with E-state index >= 15 is 0 Å². The number of hydrogen-bond acceptors (Lipinski definition) is 4. The van der Waals surface area contributed by atoms with Crippen molar-refractivity contribution in [3.63, 3.8) is 0 Å². The number of rotatable bonds is 10. The Hall–Kier alpha value is -1.52. The lowest BCUT2D eigenvalue weighted by atomic mass is 10.0. The molecule has 0 heterocycles. The van der Waals surface area contributed by atoms with Crippen molar-refractivity contribution in [3.05, 3.63) is 46.4 Å². The molecule has 0 rings (SSSR count). The second-order valence-electron chi connectivity index (χ2n) is 5.19. The van der Waals surface area contributed by atoms with Gasteiger partial charge in [-0.1, -0.05) is 32.4 Å². The molecular weight excluding hydrogens is 274 g/mol. The van der Waals surface area contributed by atoms with Crippen molar-refractivity contribution in [2.24, 2.45) is 5.73 Å². The average molecular weight is 307 g/mol. The summed E-state index contributed by atoms with van der Waals surface area (Å²) in [4.78, 5) is 0. The smallest absolute Gasteiger partial charge is 0.121 e. The summed E-state index contributed by atoms with van der Waals surface area (Å²) in [5.41, 5.74) is 16.7. The molecule has 0 spiro atoms. The van der Waals surface area contributed by atoms with E-state index in [9.17, 15) is 0 Å². The SMILES string of the molecule is CC/C=C(C)/C(=C\C=C(C)\C(NNC)=C(/CN)CCC)OC. The Bertz CT molecular complexity index is 445. The van der Waals surface area contributed by atoms with Crippen LogP contribution in [-0.4, -0.2) is 20.7 Å². The highest BCUT2D eigenvalue weighted by Gasteiger charge is 2.06. The number of methoxy groups -OCH3 is 1. The predicted octanol–water partition coefficient (Wildman–Crippen LogP) is 3.56. The summed E-state index contributed by atoms with van der Waals surface area (Å²) in [5, 5.41) is 0. The van der Waals surface area contributed by atoms with E-state index in [1.165, 1.54) is 5.57 Å². The monoisotopic (exact) mass is 307 g/mol. The van der Waals surface area contributed by atoms with Crippen LogP contribution in [0.5, 0.6) is 0 Å². The zero-order chi connectivity index (χ0) is 17.0. The fourth-order valence-corrected chi connectivity index (χ4v) is 2.27. The van der Waals surface area contributed by atoms with Gasteiger partial charge in [-0.15, -0.1) is 0 Å². The first-order valence-electron chi connectivity index (χ1n) is 8.00. The maximum atomic E-state index is 5.90. The van der Waals surface area contributed by atoms with Crippen LogP contribution in [0.2, 0.25) is 0 Å². The lowest BCUT2D eigenvalue weighted by molar-refractivity contribution is 0.300. The summed E-state index contributed by atoms with van der Waals surface area (Å²) in [5.74, 6) is 0.884. The highest BCUT2D eigenvalue weighted by Crippen LogP contribution is 2.17. The third-order valence-corrected chi connectivity index (χ3v) is 3.40. The molecular formula is C18H33N3O. The minimum absolute atomic E-state index is 0.554. The van der Waals surface area contributed by atoms with E-state index < -0.39 is 0 Å². The lowest BCUT2D eigenvalue weighted by Gasteiger charge is -2.16. The van der Waals surface area contributed by atoms with Crippen LogP contribution < -0.4 is 16.6 Å². The van der Waals surface area contributed by atoms with Gasteiger partial charge in [0.1, 0.15) is 5.76 Å². The predicted molar refractivity (Wildman–Crippen MR) is 96.1 cm³/mol. The van der Waals surface area contributed by atoms with Gasteiger partial charge in [-0.05, 0) is 49.5 Å². The van der Waals surface area contributed by atoms with Crippen molar-refractivity contribution < 1.29 is 4.74 Å². The van der Waals surface area contributed by atoms with E-state index in [1.54, 1.807) is 7.11 Å². The maximum absolute atomic E-state index is 5.90. The molecule has 126 valence electrons. The quantitative estimate of drug-likeness (QED) is 0.328. The number of hydrogen-bond donors (Lipinski definition) is 3. The van der Waals surface area contributed by atoms with Crippen LogP contribution in [0.4, 0.5) is 0 Å². The lowest BCUT2D eigenvalue weighted by Crippen LogP contribution is -2.29. The summed E-state index contributed by atoms with van der Waals surface area (Å²) in [6.07, 6.45) is 9.29. The molecule has 0 fully saturated rings. The Morgan fingerprint density at radius 2 is 1.82 bits per heavy atom. The van der Waals surface area contributed by atoms with Gasteiger partial charge in [-0.3, -0.25) is 0 Å². The van der Waals surface area contributed by atoms with Gasteiger partial charge < -0.3 is 15.9 Å². The van der Waals surface area contributed by atoms with Crippen molar-refractivity contribution in [3.8, 4) is 0 Å². The number of allylic oxidation sites excluding steroid dienone is 5. The minimum atomic E-state index is 0.554. The summed E-state index contributed by atoms with van der Waals surface area (Å²) in [6.45, 7) is 8.97. The first-order chi connectivity index (χ1) is 10.5. The number of ether oxygens (including phenoxy) is 1. The summed E-state index contributed by atoms with van der Waals surface area (Å²) < 4.78 is 5.46. The molecule has 4 N–H and O–H groups in total. The highest BCUT2D eigenvalue weighted by molar-refractivity contribution is 5.37. The molecule has 4 heteroatoms. The van der Waals surface area contributed by atoms with Crippen molar-refractivity contribution in [2.75, 3.05) is 20.7 Å². The first-order valence-corrected chi connectivity index (χ1v) is 8.00. The molecule has 0 aromatic carbocycles. The zero-order valence-electron chi connectivity index (χ0n) is 15.0. The maximum Gasteiger partial charge on any atom is 0.121 e. The van der Waals surface area contributed by atoms with Gasteiger partial charge >= 0.3 is 0 Å². The third-order valence-electron chi connectivity index (χ3n) is 3.40. The second-order valence-corrected chi connectivity index (χ2v) is 5.19. The summed E-state index contributed by atoms with van der Waals surface area (Å²) in [7, 11) is 3.56. The molecule has 0 saturated carbocycles. The van der Waals surface area contributed by atoms with Gasteiger partial charge in [0, 0.05) is 13.6 Å². The molecule has 0 aliphatic heterocycles. The summed E-state index contributed by atoms with van der Waals surface area (Å²) in [6, 6.07) is 0. The first kappa shape index (κ1) is 20.5. The Balaban J connectivity index is 5.54. The molecule has 4 nitrogen and oxygen atoms in total. The molecule has 0 bridgehead atoms. The van der Waals surface area contributed by atoms with Crippen LogP contribution >= 0.6 is 0 Å². The second kappa shape index (κ2) is 12.1. The molecule has 0 amide bonds. The highest BCUT2D eigenvalue weighted by atomic mass is 16.5. The summed E-state index contributed by atoms with van der Waals surface area (Å²) >= 11 is 0. The largest absolute Gasteiger partial charge is 0.497 e. The fraction of sp³-hybridized carbons (Fsp3) is 0.556. The molecule has 22 heavy (non-hydrogen) atoms. The standard InChI is InChI=1S/C18H33N3O/c1-7-9-14(3)17(22-6)12-11-15(4)18(21-20-5)16(13-19)10-8-2/h9,11-12,20-21H,7-8,10,13,19H2,1-6H3/b14-9+,15-11+,17-12+,18-16+. The van der Waals surface area contributed by atoms with E-state index in [0.29, 0.717) is 6.54 Å². The number of nitrogens with two attached hydrogens (primary N) is 1. The Morgan fingerprint density at radius 3 is 2.27 bits per heavy atom. The Kier molecular flexibility index (Phi) is 11.2. The Morgan fingerprint density at radius 1 is 1.14 bits per heavy atom. The van der Waals surface area contributed by atoms with E-state index in [2.05, 4.69) is 50.7 Å². The van der Waals surface area contributed by atoms with Crippen LogP contribution in [0.25, 0.3) is 0 Å². The van der Waals surface area contributed by atoms with Crippen LogP contribution in [0, 0.1) is 0 Å². The van der Waals surface area contributed by atoms with Gasteiger partial charge in [-0.25, -0.2) is 5.43 Å². The molecule has 0 saturated heterocycles. The molecule has 0 aromatic rings. The van der Waals surface area contributed by atoms with E-state index in [1.807, 2.05) is 13.1 Å². The number of hydrazine groups is 1. The molecule has 0 unspecified atom stereocenters. The van der Waals surface area contributed by atoms with Gasteiger partial charge in [-0.2, -0.15) is 0 Å². The molecule has 0 atom stereocenters. The van der Waals surface area contributed by atoms with E-state index in [0.717, 1.165) is 41.9 Å². The topological polar surface area (TPSA) is 59.3 Å². The minimum Gasteiger partial charge on any atom is -0.497 e. The van der Waals surface area contributed by atoms with Crippen LogP contribution in [0.1, 0.15) is 47.0 Å².